The molecule has 0 aliphatic carbocycles. The van der Waals surface area contributed by atoms with Gasteiger partial charge in [-0.3, -0.25) is 9.59 Å². The highest BCUT2D eigenvalue weighted by atomic mass is 16.6. The number of carbonyl (C=O) groups is 2. The molecule has 0 bridgehead atoms. The Kier molecular flexibility index (Phi) is 7.76. The van der Waals surface area contributed by atoms with Crippen LogP contribution >= 0.6 is 0 Å². The second kappa shape index (κ2) is 10.5. The zero-order chi connectivity index (χ0) is 22.1. The van der Waals surface area contributed by atoms with Crippen LogP contribution in [0.25, 0.3) is 0 Å². The molecule has 2 aromatic carbocycles. The van der Waals surface area contributed by atoms with E-state index in [2.05, 4.69) is 10.5 Å². The fraction of sp³-hybridized carbons (Fsp3) is 0.238. The Morgan fingerprint density at radius 2 is 1.73 bits per heavy atom. The first kappa shape index (κ1) is 22.2. The monoisotopic (exact) mass is 411 g/mol. The maximum Gasteiger partial charge on any atom is 0.308 e. The van der Waals surface area contributed by atoms with Crippen molar-refractivity contribution in [3.63, 3.8) is 0 Å². The number of benzene rings is 2. The van der Waals surface area contributed by atoms with Gasteiger partial charge in [-0.1, -0.05) is 0 Å². The molecule has 0 aliphatic rings. The lowest BCUT2D eigenvalue weighted by atomic mass is 10.2. The molecule has 0 saturated carbocycles. The first-order chi connectivity index (χ1) is 14.4. The highest BCUT2D eigenvalue weighted by molar-refractivity contribution is 5.86. The zero-order valence-electron chi connectivity index (χ0n) is 17.0. The van der Waals surface area contributed by atoms with Crippen LogP contribution in [0.1, 0.15) is 25.0 Å². The summed E-state index contributed by atoms with van der Waals surface area (Å²) in [6, 6.07) is 11.6. The molecular formula is C21H21N3O6. The molecule has 0 radical (unpaired) electrons. The number of rotatable bonds is 8. The lowest BCUT2D eigenvalue weighted by Gasteiger charge is -2.13. The van der Waals surface area contributed by atoms with Gasteiger partial charge in [0.25, 0.3) is 5.91 Å². The second-order valence-electron chi connectivity index (χ2n) is 5.98. The number of methoxy groups -OCH3 is 2. The number of amides is 1. The number of hydrogen-bond acceptors (Lipinski definition) is 8. The van der Waals surface area contributed by atoms with Gasteiger partial charge >= 0.3 is 5.97 Å². The van der Waals surface area contributed by atoms with Crippen molar-refractivity contribution < 1.29 is 28.5 Å². The molecular weight excluding hydrogens is 390 g/mol. The van der Waals surface area contributed by atoms with Crippen molar-refractivity contribution in [2.24, 2.45) is 5.10 Å². The fourth-order valence-corrected chi connectivity index (χ4v) is 2.35. The zero-order valence-corrected chi connectivity index (χ0v) is 17.0. The maximum atomic E-state index is 12.2. The Hall–Kier alpha value is -4.06. The standard InChI is InChI=1S/C21H21N3O6/c1-13(29-17-7-5-15(11-22)6-8-17)21(26)24-23-12-16-9-18(27-3)20(30-14(2)25)19(10-16)28-4/h5-10,12-13H,1-4H3,(H,24,26)/b23-12+. The average Bonchev–Trinajstić information content (AvgIpc) is 2.74. The number of nitriles is 1. The van der Waals surface area contributed by atoms with Crippen LogP contribution < -0.4 is 24.4 Å². The van der Waals surface area contributed by atoms with Gasteiger partial charge in [0.1, 0.15) is 5.75 Å². The molecule has 1 amide bonds. The minimum atomic E-state index is -0.814. The van der Waals surface area contributed by atoms with E-state index in [0.29, 0.717) is 16.9 Å². The molecule has 30 heavy (non-hydrogen) atoms. The number of hydrazone groups is 1. The Morgan fingerprint density at radius 1 is 1.13 bits per heavy atom. The topological polar surface area (TPSA) is 119 Å². The van der Waals surface area contributed by atoms with Crippen LogP contribution in [0.3, 0.4) is 0 Å². The van der Waals surface area contributed by atoms with Crippen LogP contribution in [0.2, 0.25) is 0 Å². The minimum Gasteiger partial charge on any atom is -0.493 e. The summed E-state index contributed by atoms with van der Waals surface area (Å²) in [6.45, 7) is 2.84. The maximum absolute atomic E-state index is 12.2. The second-order valence-corrected chi connectivity index (χ2v) is 5.98. The fourth-order valence-electron chi connectivity index (χ4n) is 2.35. The van der Waals surface area contributed by atoms with Gasteiger partial charge in [0.05, 0.1) is 32.1 Å². The van der Waals surface area contributed by atoms with Crippen molar-refractivity contribution in [1.82, 2.24) is 5.43 Å². The highest BCUT2D eigenvalue weighted by Crippen LogP contribution is 2.38. The van der Waals surface area contributed by atoms with Gasteiger partial charge in [-0.25, -0.2) is 5.43 Å². The van der Waals surface area contributed by atoms with Gasteiger partial charge in [-0.2, -0.15) is 10.4 Å². The van der Waals surface area contributed by atoms with E-state index in [1.54, 1.807) is 43.3 Å². The number of esters is 1. The lowest BCUT2D eigenvalue weighted by molar-refractivity contribution is -0.132. The number of ether oxygens (including phenoxy) is 4. The molecule has 0 saturated heterocycles. The Morgan fingerprint density at radius 3 is 2.23 bits per heavy atom. The summed E-state index contributed by atoms with van der Waals surface area (Å²) in [5, 5.41) is 12.7. The van der Waals surface area contributed by atoms with E-state index >= 15 is 0 Å². The van der Waals surface area contributed by atoms with Crippen molar-refractivity contribution in [2.75, 3.05) is 14.2 Å². The van der Waals surface area contributed by atoms with E-state index in [9.17, 15) is 9.59 Å². The van der Waals surface area contributed by atoms with Gasteiger partial charge in [0.2, 0.25) is 5.75 Å². The molecule has 2 aromatic rings. The summed E-state index contributed by atoms with van der Waals surface area (Å²) in [6.07, 6.45) is 0.569. The first-order valence-corrected chi connectivity index (χ1v) is 8.82. The van der Waals surface area contributed by atoms with Crippen LogP contribution in [0.15, 0.2) is 41.5 Å². The summed E-state index contributed by atoms with van der Waals surface area (Å²) in [5.41, 5.74) is 3.42. The molecule has 0 aromatic heterocycles. The van der Waals surface area contributed by atoms with Crippen LogP contribution in [0.4, 0.5) is 0 Å². The average molecular weight is 411 g/mol. The largest absolute Gasteiger partial charge is 0.493 e. The summed E-state index contributed by atoms with van der Waals surface area (Å²) >= 11 is 0. The number of nitrogens with zero attached hydrogens (tertiary/aromatic N) is 2. The number of carbonyl (C=O) groups excluding carboxylic acids is 2. The van der Waals surface area contributed by atoms with Crippen LogP contribution in [0, 0.1) is 11.3 Å². The van der Waals surface area contributed by atoms with E-state index in [1.165, 1.54) is 27.4 Å². The molecule has 1 atom stereocenters. The minimum absolute atomic E-state index is 0.151. The van der Waals surface area contributed by atoms with Gasteiger partial charge in [-0.15, -0.1) is 0 Å². The van der Waals surface area contributed by atoms with Crippen LogP contribution in [0.5, 0.6) is 23.0 Å². The molecule has 2 rings (SSSR count). The molecule has 0 aliphatic heterocycles. The third-order valence-electron chi connectivity index (χ3n) is 3.78. The SMILES string of the molecule is COc1cc(/C=N/NC(=O)C(C)Oc2ccc(C#N)cc2)cc(OC)c1OC(C)=O. The number of nitrogens with one attached hydrogen (secondary N) is 1. The van der Waals surface area contributed by atoms with Crippen molar-refractivity contribution >= 4 is 18.1 Å². The van der Waals surface area contributed by atoms with E-state index in [1.807, 2.05) is 6.07 Å². The molecule has 9 nitrogen and oxygen atoms in total. The summed E-state index contributed by atoms with van der Waals surface area (Å²) in [5.74, 6) is 0.168. The molecule has 9 heteroatoms. The Balaban J connectivity index is 2.05. The van der Waals surface area contributed by atoms with Gasteiger partial charge in [0, 0.05) is 12.5 Å². The van der Waals surface area contributed by atoms with Crippen molar-refractivity contribution in [3.8, 4) is 29.1 Å². The van der Waals surface area contributed by atoms with Gasteiger partial charge in [0.15, 0.2) is 17.6 Å². The molecule has 0 heterocycles. The lowest BCUT2D eigenvalue weighted by Crippen LogP contribution is -2.33. The van der Waals surface area contributed by atoms with E-state index in [4.69, 9.17) is 24.2 Å². The summed E-state index contributed by atoms with van der Waals surface area (Å²) in [4.78, 5) is 23.4. The van der Waals surface area contributed by atoms with Crippen molar-refractivity contribution in [1.29, 1.82) is 5.26 Å². The normalized spacial score (nSPS) is 11.3. The molecule has 156 valence electrons. The molecule has 1 unspecified atom stereocenters. The Bertz CT molecular complexity index is 954. The van der Waals surface area contributed by atoms with Gasteiger partial charge < -0.3 is 18.9 Å². The molecule has 0 fully saturated rings. The number of hydrogen-bond donors (Lipinski definition) is 1. The van der Waals surface area contributed by atoms with E-state index < -0.39 is 18.0 Å². The molecule has 1 N–H and O–H groups in total. The van der Waals surface area contributed by atoms with Crippen LogP contribution in [-0.2, 0) is 9.59 Å². The van der Waals surface area contributed by atoms with Crippen molar-refractivity contribution in [3.05, 3.63) is 47.5 Å². The predicted molar refractivity (Wildman–Crippen MR) is 108 cm³/mol. The third kappa shape index (κ3) is 5.97. The highest BCUT2D eigenvalue weighted by Gasteiger charge is 2.16. The summed E-state index contributed by atoms with van der Waals surface area (Å²) < 4.78 is 21.1. The first-order valence-electron chi connectivity index (χ1n) is 8.82. The van der Waals surface area contributed by atoms with E-state index in [0.717, 1.165) is 0 Å². The Labute approximate surface area is 173 Å². The van der Waals surface area contributed by atoms with Gasteiger partial charge in [-0.05, 0) is 43.3 Å². The third-order valence-corrected chi connectivity index (χ3v) is 3.78. The quantitative estimate of drug-likeness (QED) is 0.307. The van der Waals surface area contributed by atoms with Crippen molar-refractivity contribution in [2.45, 2.75) is 20.0 Å². The van der Waals surface area contributed by atoms with E-state index in [-0.39, 0.29) is 17.2 Å². The molecule has 0 spiro atoms. The predicted octanol–water partition coefficient (Wildman–Crippen LogP) is 2.42. The smallest absolute Gasteiger partial charge is 0.308 e. The summed E-state index contributed by atoms with van der Waals surface area (Å²) in [7, 11) is 2.85. The van der Waals surface area contributed by atoms with Crippen LogP contribution in [-0.4, -0.2) is 38.4 Å².